The number of amides is 1. The van der Waals surface area contributed by atoms with E-state index in [1.165, 1.54) is 24.7 Å². The van der Waals surface area contributed by atoms with Crippen LogP contribution in [0.15, 0.2) is 52.2 Å². The molecule has 1 unspecified atom stereocenters. The molecule has 1 aromatic carbocycles. The molecule has 0 bridgehead atoms. The molecule has 0 spiro atoms. The number of aliphatic hydroxyl groups is 1. The van der Waals surface area contributed by atoms with Gasteiger partial charge >= 0.3 is 0 Å². The highest BCUT2D eigenvalue weighted by atomic mass is 32.2. The number of aliphatic hydroxyl groups excluding tert-OH is 1. The lowest BCUT2D eigenvalue weighted by molar-refractivity contribution is -0.120. The van der Waals surface area contributed by atoms with Crippen LogP contribution in [0.2, 0.25) is 0 Å². The first-order valence-corrected chi connectivity index (χ1v) is 9.15. The van der Waals surface area contributed by atoms with E-state index in [1.54, 1.807) is 32.0 Å². The molecular weight excluding hydrogens is 330 g/mol. The van der Waals surface area contributed by atoms with Crippen LogP contribution in [-0.4, -0.2) is 31.2 Å². The minimum Gasteiger partial charge on any atom is -0.472 e. The van der Waals surface area contributed by atoms with Crippen LogP contribution in [0, 0.1) is 0 Å². The number of benzene rings is 1. The topological polar surface area (TPSA) is 96.6 Å². The second-order valence-corrected chi connectivity index (χ2v) is 8.30. The van der Waals surface area contributed by atoms with Crippen molar-refractivity contribution in [1.82, 2.24) is 5.32 Å². The Kier molecular flexibility index (Phi) is 5.80. The van der Waals surface area contributed by atoms with E-state index >= 15 is 0 Å². The van der Waals surface area contributed by atoms with Gasteiger partial charge in [-0.05, 0) is 37.6 Å². The number of carbonyl (C=O) groups is 1. The SMILES string of the molecule is CC(C)S(=O)(=O)c1ccc(CC(=O)NCC(O)c2ccoc2)cc1. The van der Waals surface area contributed by atoms with Crippen molar-refractivity contribution in [3.63, 3.8) is 0 Å². The Labute approximate surface area is 141 Å². The van der Waals surface area contributed by atoms with Crippen molar-refractivity contribution in [3.8, 4) is 0 Å². The highest BCUT2D eigenvalue weighted by Crippen LogP contribution is 2.17. The van der Waals surface area contributed by atoms with E-state index in [-0.39, 0.29) is 23.8 Å². The predicted octanol–water partition coefficient (Wildman–Crippen LogP) is 1.85. The largest absolute Gasteiger partial charge is 0.472 e. The minimum atomic E-state index is -3.31. The molecule has 0 aliphatic carbocycles. The van der Waals surface area contributed by atoms with Gasteiger partial charge in [-0.1, -0.05) is 12.1 Å². The summed E-state index contributed by atoms with van der Waals surface area (Å²) in [5, 5.41) is 12.0. The van der Waals surface area contributed by atoms with Gasteiger partial charge in [0.1, 0.15) is 0 Å². The first kappa shape index (κ1) is 18.2. The van der Waals surface area contributed by atoms with Gasteiger partial charge in [0, 0.05) is 12.1 Å². The number of furan rings is 1. The first-order valence-electron chi connectivity index (χ1n) is 7.60. The number of nitrogens with one attached hydrogen (secondary N) is 1. The molecule has 0 aliphatic rings. The quantitative estimate of drug-likeness (QED) is 0.793. The van der Waals surface area contributed by atoms with Gasteiger partial charge in [0.2, 0.25) is 5.91 Å². The molecule has 6 nitrogen and oxygen atoms in total. The van der Waals surface area contributed by atoms with Crippen LogP contribution < -0.4 is 5.32 Å². The Morgan fingerprint density at radius 2 is 1.88 bits per heavy atom. The summed E-state index contributed by atoms with van der Waals surface area (Å²) in [5.74, 6) is -0.253. The van der Waals surface area contributed by atoms with E-state index in [2.05, 4.69) is 5.32 Å². The fraction of sp³-hybridized carbons (Fsp3) is 0.353. The molecule has 130 valence electrons. The average Bonchev–Trinajstić information content (AvgIpc) is 3.07. The highest BCUT2D eigenvalue weighted by molar-refractivity contribution is 7.92. The lowest BCUT2D eigenvalue weighted by atomic mass is 10.1. The van der Waals surface area contributed by atoms with Crippen molar-refractivity contribution < 1.29 is 22.7 Å². The zero-order valence-electron chi connectivity index (χ0n) is 13.6. The van der Waals surface area contributed by atoms with Gasteiger partial charge < -0.3 is 14.8 Å². The van der Waals surface area contributed by atoms with Gasteiger partial charge in [0.05, 0.1) is 35.2 Å². The summed E-state index contributed by atoms with van der Waals surface area (Å²) in [6.45, 7) is 3.34. The second kappa shape index (κ2) is 7.63. The molecule has 1 atom stereocenters. The summed E-state index contributed by atoms with van der Waals surface area (Å²) < 4.78 is 29.0. The maximum Gasteiger partial charge on any atom is 0.224 e. The third-order valence-corrected chi connectivity index (χ3v) is 5.83. The van der Waals surface area contributed by atoms with Crippen molar-refractivity contribution in [2.75, 3.05) is 6.54 Å². The van der Waals surface area contributed by atoms with Gasteiger partial charge in [-0.2, -0.15) is 0 Å². The van der Waals surface area contributed by atoms with Crippen LogP contribution in [-0.2, 0) is 21.1 Å². The highest BCUT2D eigenvalue weighted by Gasteiger charge is 2.19. The van der Waals surface area contributed by atoms with Crippen LogP contribution in [0.25, 0.3) is 0 Å². The Morgan fingerprint density at radius 3 is 2.42 bits per heavy atom. The summed E-state index contributed by atoms with van der Waals surface area (Å²) >= 11 is 0. The van der Waals surface area contributed by atoms with E-state index in [0.29, 0.717) is 11.1 Å². The molecule has 0 saturated heterocycles. The molecule has 2 N–H and O–H groups in total. The smallest absolute Gasteiger partial charge is 0.224 e. The lowest BCUT2D eigenvalue weighted by Gasteiger charge is -2.11. The third-order valence-electron chi connectivity index (χ3n) is 3.66. The fourth-order valence-electron chi connectivity index (χ4n) is 2.11. The van der Waals surface area contributed by atoms with Gasteiger partial charge in [-0.25, -0.2) is 8.42 Å². The predicted molar refractivity (Wildman–Crippen MR) is 89.1 cm³/mol. The second-order valence-electron chi connectivity index (χ2n) is 5.79. The molecule has 7 heteroatoms. The molecule has 0 aliphatic heterocycles. The van der Waals surface area contributed by atoms with Crippen LogP contribution >= 0.6 is 0 Å². The molecule has 1 aromatic heterocycles. The Hall–Kier alpha value is -2.12. The molecule has 1 heterocycles. The summed E-state index contributed by atoms with van der Waals surface area (Å²) in [6.07, 6.45) is 2.16. The third kappa shape index (κ3) is 4.46. The molecular formula is C17H21NO5S. The van der Waals surface area contributed by atoms with Crippen molar-refractivity contribution in [1.29, 1.82) is 0 Å². The Morgan fingerprint density at radius 1 is 1.21 bits per heavy atom. The van der Waals surface area contributed by atoms with Crippen LogP contribution in [0.4, 0.5) is 0 Å². The van der Waals surface area contributed by atoms with Crippen LogP contribution in [0.5, 0.6) is 0 Å². The van der Waals surface area contributed by atoms with Gasteiger partial charge in [0.15, 0.2) is 9.84 Å². The number of hydrogen-bond acceptors (Lipinski definition) is 5. The maximum atomic E-state index is 12.0. The molecule has 24 heavy (non-hydrogen) atoms. The molecule has 0 radical (unpaired) electrons. The van der Waals surface area contributed by atoms with Crippen molar-refractivity contribution >= 4 is 15.7 Å². The minimum absolute atomic E-state index is 0.0815. The van der Waals surface area contributed by atoms with E-state index in [4.69, 9.17) is 4.42 Å². The number of rotatable bonds is 7. The Balaban J connectivity index is 1.90. The van der Waals surface area contributed by atoms with E-state index in [0.717, 1.165) is 0 Å². The molecule has 0 fully saturated rings. The number of hydrogen-bond donors (Lipinski definition) is 2. The first-order chi connectivity index (χ1) is 11.3. The lowest BCUT2D eigenvalue weighted by Crippen LogP contribution is -2.29. The van der Waals surface area contributed by atoms with Crippen molar-refractivity contribution in [2.45, 2.75) is 36.5 Å². The molecule has 0 saturated carbocycles. The maximum absolute atomic E-state index is 12.0. The number of carbonyl (C=O) groups excluding carboxylic acids is 1. The van der Waals surface area contributed by atoms with E-state index < -0.39 is 21.2 Å². The summed E-state index contributed by atoms with van der Waals surface area (Å²) in [6, 6.07) is 7.91. The monoisotopic (exact) mass is 351 g/mol. The fourth-order valence-corrected chi connectivity index (χ4v) is 3.17. The van der Waals surface area contributed by atoms with Crippen molar-refractivity contribution in [3.05, 3.63) is 54.0 Å². The summed E-state index contributed by atoms with van der Waals surface area (Å²) in [5.41, 5.74) is 1.30. The Bertz CT molecular complexity index is 764. The van der Waals surface area contributed by atoms with Crippen LogP contribution in [0.3, 0.4) is 0 Å². The zero-order valence-corrected chi connectivity index (χ0v) is 14.4. The summed E-state index contributed by atoms with van der Waals surface area (Å²) in [7, 11) is -3.31. The van der Waals surface area contributed by atoms with E-state index in [9.17, 15) is 18.3 Å². The number of sulfone groups is 1. The van der Waals surface area contributed by atoms with Gasteiger partial charge in [-0.15, -0.1) is 0 Å². The van der Waals surface area contributed by atoms with Crippen molar-refractivity contribution in [2.24, 2.45) is 0 Å². The standard InChI is InChI=1S/C17H21NO5S/c1-12(2)24(21,22)15-5-3-13(4-6-15)9-17(20)18-10-16(19)14-7-8-23-11-14/h3-8,11-12,16,19H,9-10H2,1-2H3,(H,18,20). The normalized spacial score (nSPS) is 13.0. The van der Waals surface area contributed by atoms with Crippen LogP contribution in [0.1, 0.15) is 31.1 Å². The molecule has 2 aromatic rings. The van der Waals surface area contributed by atoms with Gasteiger partial charge in [-0.3, -0.25) is 4.79 Å². The molecule has 1 amide bonds. The molecule has 2 rings (SSSR count). The van der Waals surface area contributed by atoms with Gasteiger partial charge in [0.25, 0.3) is 0 Å². The van der Waals surface area contributed by atoms with E-state index in [1.807, 2.05) is 0 Å². The summed E-state index contributed by atoms with van der Waals surface area (Å²) in [4.78, 5) is 12.2. The average molecular weight is 351 g/mol. The zero-order chi connectivity index (χ0) is 17.7.